The Morgan fingerprint density at radius 2 is 1.85 bits per heavy atom. The second-order valence-electron chi connectivity index (χ2n) is 5.03. The molecular formula is C17H17N3. The normalized spacial score (nSPS) is 10.7. The summed E-state index contributed by atoms with van der Waals surface area (Å²) in [5.41, 5.74) is 12.2. The quantitative estimate of drug-likeness (QED) is 0.682. The summed E-state index contributed by atoms with van der Waals surface area (Å²) >= 11 is 0. The van der Waals surface area contributed by atoms with Crippen LogP contribution in [0.3, 0.4) is 0 Å². The largest absolute Gasteiger partial charge is 0.397 e. The zero-order valence-corrected chi connectivity index (χ0v) is 11.6. The molecule has 3 nitrogen and oxygen atoms in total. The number of rotatable bonds is 2. The fourth-order valence-electron chi connectivity index (χ4n) is 2.28. The molecule has 0 saturated carbocycles. The summed E-state index contributed by atoms with van der Waals surface area (Å²) in [6.45, 7) is 4.23. The molecule has 3 rings (SSSR count). The molecule has 0 spiro atoms. The lowest BCUT2D eigenvalue weighted by Gasteiger charge is -2.11. The van der Waals surface area contributed by atoms with Gasteiger partial charge in [-0.1, -0.05) is 18.2 Å². The lowest BCUT2D eigenvalue weighted by Crippen LogP contribution is -1.95. The standard InChI is InChI=1S/C17H17N3/c1-11-6-7-13(10-12(11)2)20-16-8-9-19-17-14(16)4-3-5-15(17)18/h3-10H,18H2,1-2H3,(H,19,20). The van der Waals surface area contributed by atoms with Gasteiger partial charge in [0.15, 0.2) is 0 Å². The zero-order chi connectivity index (χ0) is 14.1. The summed E-state index contributed by atoms with van der Waals surface area (Å²) in [5, 5.41) is 4.48. The highest BCUT2D eigenvalue weighted by Gasteiger charge is 2.05. The Labute approximate surface area is 118 Å². The maximum atomic E-state index is 5.97. The van der Waals surface area contributed by atoms with Gasteiger partial charge in [-0.05, 0) is 49.2 Å². The van der Waals surface area contributed by atoms with Crippen molar-refractivity contribution >= 4 is 28.0 Å². The van der Waals surface area contributed by atoms with Gasteiger partial charge in [0.05, 0.1) is 11.2 Å². The average Bonchev–Trinajstić information content (AvgIpc) is 2.44. The van der Waals surface area contributed by atoms with Crippen molar-refractivity contribution in [1.29, 1.82) is 0 Å². The molecule has 3 aromatic rings. The summed E-state index contributed by atoms with van der Waals surface area (Å²) in [6.07, 6.45) is 1.78. The van der Waals surface area contributed by atoms with Gasteiger partial charge in [0.1, 0.15) is 0 Å². The maximum absolute atomic E-state index is 5.97. The van der Waals surface area contributed by atoms with Crippen molar-refractivity contribution in [3.8, 4) is 0 Å². The Morgan fingerprint density at radius 3 is 2.65 bits per heavy atom. The number of aryl methyl sites for hydroxylation is 2. The molecule has 0 saturated heterocycles. The Morgan fingerprint density at radius 1 is 1.00 bits per heavy atom. The van der Waals surface area contributed by atoms with Gasteiger partial charge < -0.3 is 11.1 Å². The number of nitrogens with two attached hydrogens (primary N) is 1. The van der Waals surface area contributed by atoms with E-state index in [0.717, 1.165) is 22.3 Å². The summed E-state index contributed by atoms with van der Waals surface area (Å²) in [7, 11) is 0. The number of hydrogen-bond donors (Lipinski definition) is 2. The fourth-order valence-corrected chi connectivity index (χ4v) is 2.28. The van der Waals surface area contributed by atoms with E-state index in [9.17, 15) is 0 Å². The van der Waals surface area contributed by atoms with Crippen molar-refractivity contribution < 1.29 is 0 Å². The summed E-state index contributed by atoms with van der Waals surface area (Å²) in [4.78, 5) is 4.35. The number of nitrogen functional groups attached to an aromatic ring is 1. The van der Waals surface area contributed by atoms with E-state index in [-0.39, 0.29) is 0 Å². The van der Waals surface area contributed by atoms with Gasteiger partial charge in [-0.3, -0.25) is 4.98 Å². The minimum Gasteiger partial charge on any atom is -0.397 e. The topological polar surface area (TPSA) is 50.9 Å². The Balaban J connectivity index is 2.06. The number of pyridine rings is 1. The maximum Gasteiger partial charge on any atom is 0.0951 e. The predicted molar refractivity (Wildman–Crippen MR) is 85.4 cm³/mol. The molecule has 0 bridgehead atoms. The first-order valence-corrected chi connectivity index (χ1v) is 6.62. The van der Waals surface area contributed by atoms with Gasteiger partial charge in [-0.2, -0.15) is 0 Å². The molecule has 0 unspecified atom stereocenters. The minimum atomic E-state index is 0.700. The molecule has 3 heteroatoms. The molecule has 100 valence electrons. The highest BCUT2D eigenvalue weighted by molar-refractivity contribution is 5.98. The fraction of sp³-hybridized carbons (Fsp3) is 0.118. The molecule has 1 aromatic heterocycles. The molecule has 3 N–H and O–H groups in total. The number of nitrogens with zero attached hydrogens (tertiary/aromatic N) is 1. The highest BCUT2D eigenvalue weighted by Crippen LogP contribution is 2.28. The van der Waals surface area contributed by atoms with Crippen LogP contribution in [-0.4, -0.2) is 4.98 Å². The number of nitrogens with one attached hydrogen (secondary N) is 1. The Hall–Kier alpha value is -2.55. The SMILES string of the molecule is Cc1ccc(Nc2ccnc3c(N)cccc23)cc1C. The molecule has 0 aliphatic heterocycles. The van der Waals surface area contributed by atoms with Crippen molar-refractivity contribution in [3.05, 3.63) is 59.8 Å². The number of hydrogen-bond acceptors (Lipinski definition) is 3. The number of fused-ring (bicyclic) bond motifs is 1. The van der Waals surface area contributed by atoms with Gasteiger partial charge in [0, 0.05) is 23.0 Å². The molecule has 0 atom stereocenters. The van der Waals surface area contributed by atoms with Crippen molar-refractivity contribution in [1.82, 2.24) is 4.98 Å². The third-order valence-corrected chi connectivity index (χ3v) is 3.59. The molecule has 20 heavy (non-hydrogen) atoms. The number of benzene rings is 2. The Kier molecular flexibility index (Phi) is 3.03. The van der Waals surface area contributed by atoms with Crippen LogP contribution in [0.1, 0.15) is 11.1 Å². The van der Waals surface area contributed by atoms with E-state index in [1.807, 2.05) is 24.3 Å². The molecule has 1 heterocycles. The molecular weight excluding hydrogens is 246 g/mol. The summed E-state index contributed by atoms with van der Waals surface area (Å²) in [5.74, 6) is 0. The van der Waals surface area contributed by atoms with Crippen LogP contribution >= 0.6 is 0 Å². The van der Waals surface area contributed by atoms with Crippen LogP contribution in [0.4, 0.5) is 17.1 Å². The average molecular weight is 263 g/mol. The van der Waals surface area contributed by atoms with Gasteiger partial charge in [-0.15, -0.1) is 0 Å². The van der Waals surface area contributed by atoms with Crippen LogP contribution in [0.25, 0.3) is 10.9 Å². The van der Waals surface area contributed by atoms with Crippen LogP contribution in [-0.2, 0) is 0 Å². The first-order valence-electron chi connectivity index (χ1n) is 6.62. The van der Waals surface area contributed by atoms with E-state index < -0.39 is 0 Å². The van der Waals surface area contributed by atoms with Crippen LogP contribution in [0, 0.1) is 13.8 Å². The molecule has 0 amide bonds. The molecule has 0 aliphatic rings. The highest BCUT2D eigenvalue weighted by atomic mass is 14.9. The number of anilines is 3. The van der Waals surface area contributed by atoms with Gasteiger partial charge in [-0.25, -0.2) is 0 Å². The first-order chi connectivity index (χ1) is 9.65. The van der Waals surface area contributed by atoms with Crippen LogP contribution in [0.15, 0.2) is 48.7 Å². The van der Waals surface area contributed by atoms with E-state index in [2.05, 4.69) is 42.3 Å². The lowest BCUT2D eigenvalue weighted by atomic mass is 10.1. The van der Waals surface area contributed by atoms with Crippen LogP contribution < -0.4 is 11.1 Å². The minimum absolute atomic E-state index is 0.700. The van der Waals surface area contributed by atoms with Gasteiger partial charge in [0.2, 0.25) is 0 Å². The predicted octanol–water partition coefficient (Wildman–Crippen LogP) is 4.18. The van der Waals surface area contributed by atoms with Gasteiger partial charge >= 0.3 is 0 Å². The van der Waals surface area contributed by atoms with Crippen molar-refractivity contribution in [3.63, 3.8) is 0 Å². The Bertz CT molecular complexity index is 778. The smallest absolute Gasteiger partial charge is 0.0951 e. The second-order valence-corrected chi connectivity index (χ2v) is 5.03. The first kappa shape index (κ1) is 12.5. The van der Waals surface area contributed by atoms with Crippen molar-refractivity contribution in [2.45, 2.75) is 13.8 Å². The summed E-state index contributed by atoms with van der Waals surface area (Å²) < 4.78 is 0. The zero-order valence-electron chi connectivity index (χ0n) is 11.6. The van der Waals surface area contributed by atoms with E-state index in [4.69, 9.17) is 5.73 Å². The molecule has 0 aliphatic carbocycles. The summed E-state index contributed by atoms with van der Waals surface area (Å²) in [6, 6.07) is 14.2. The lowest BCUT2D eigenvalue weighted by molar-refractivity contribution is 1.33. The molecule has 0 fully saturated rings. The number of aromatic nitrogens is 1. The van der Waals surface area contributed by atoms with Crippen LogP contribution in [0.5, 0.6) is 0 Å². The van der Waals surface area contributed by atoms with Crippen molar-refractivity contribution in [2.75, 3.05) is 11.1 Å². The van der Waals surface area contributed by atoms with E-state index >= 15 is 0 Å². The second kappa shape index (κ2) is 4.85. The van der Waals surface area contributed by atoms with Gasteiger partial charge in [0.25, 0.3) is 0 Å². The van der Waals surface area contributed by atoms with E-state index in [0.29, 0.717) is 5.69 Å². The third-order valence-electron chi connectivity index (χ3n) is 3.59. The molecule has 0 radical (unpaired) electrons. The van der Waals surface area contributed by atoms with E-state index in [1.54, 1.807) is 6.20 Å². The van der Waals surface area contributed by atoms with Crippen LogP contribution in [0.2, 0.25) is 0 Å². The van der Waals surface area contributed by atoms with Crippen molar-refractivity contribution in [2.24, 2.45) is 0 Å². The van der Waals surface area contributed by atoms with E-state index in [1.165, 1.54) is 11.1 Å². The monoisotopic (exact) mass is 263 g/mol. The number of para-hydroxylation sites is 1. The third kappa shape index (κ3) is 2.18. The molecule has 2 aromatic carbocycles.